The summed E-state index contributed by atoms with van der Waals surface area (Å²) < 4.78 is 38.7. The Morgan fingerprint density at radius 3 is 2.70 bits per heavy atom. The Kier molecular flexibility index (Phi) is 4.20. The average molecular weight is 285 g/mol. The summed E-state index contributed by atoms with van der Waals surface area (Å²) >= 11 is 0. The Morgan fingerprint density at radius 1 is 1.30 bits per heavy atom. The molecule has 1 aromatic heterocycles. The van der Waals surface area contributed by atoms with Crippen molar-refractivity contribution in [1.29, 1.82) is 0 Å². The fourth-order valence-electron chi connectivity index (χ4n) is 2.30. The SMILES string of the molecule is CCCc1nc2cc(N)ccc2n1CCCC(F)(F)F. The number of nitrogens with two attached hydrogens (primary N) is 1. The Morgan fingerprint density at radius 2 is 2.05 bits per heavy atom. The number of fused-ring (bicyclic) bond motifs is 1. The monoisotopic (exact) mass is 285 g/mol. The first-order valence-corrected chi connectivity index (χ1v) is 6.72. The Hall–Kier alpha value is -1.72. The molecule has 1 heterocycles. The van der Waals surface area contributed by atoms with E-state index in [1.54, 1.807) is 12.1 Å². The van der Waals surface area contributed by atoms with E-state index < -0.39 is 12.6 Å². The molecule has 110 valence electrons. The van der Waals surface area contributed by atoms with Crippen LogP contribution in [0.15, 0.2) is 18.2 Å². The van der Waals surface area contributed by atoms with E-state index in [1.165, 1.54) is 0 Å². The molecule has 0 saturated heterocycles. The molecule has 0 atom stereocenters. The third-order valence-electron chi connectivity index (χ3n) is 3.17. The molecule has 20 heavy (non-hydrogen) atoms. The summed E-state index contributed by atoms with van der Waals surface area (Å²) in [7, 11) is 0. The van der Waals surface area contributed by atoms with E-state index in [9.17, 15) is 13.2 Å². The van der Waals surface area contributed by atoms with Crippen molar-refractivity contribution in [1.82, 2.24) is 9.55 Å². The normalized spacial score (nSPS) is 12.2. The van der Waals surface area contributed by atoms with Crippen molar-refractivity contribution in [3.05, 3.63) is 24.0 Å². The number of nitrogens with zero attached hydrogens (tertiary/aromatic N) is 2. The van der Waals surface area contributed by atoms with Gasteiger partial charge in [0.1, 0.15) is 5.82 Å². The number of anilines is 1. The lowest BCUT2D eigenvalue weighted by molar-refractivity contribution is -0.135. The highest BCUT2D eigenvalue weighted by molar-refractivity contribution is 5.79. The van der Waals surface area contributed by atoms with Crippen LogP contribution in [0.5, 0.6) is 0 Å². The second-order valence-electron chi connectivity index (χ2n) is 4.90. The lowest BCUT2D eigenvalue weighted by Gasteiger charge is -2.10. The van der Waals surface area contributed by atoms with Crippen LogP contribution >= 0.6 is 0 Å². The molecule has 2 N–H and O–H groups in total. The first kappa shape index (κ1) is 14.7. The number of alkyl halides is 3. The summed E-state index contributed by atoms with van der Waals surface area (Å²) in [6, 6.07) is 5.33. The Bertz CT molecular complexity index is 587. The number of rotatable bonds is 5. The molecule has 0 fully saturated rings. The van der Waals surface area contributed by atoms with Crippen LogP contribution in [-0.4, -0.2) is 15.7 Å². The van der Waals surface area contributed by atoms with Crippen molar-refractivity contribution in [2.45, 2.75) is 45.3 Å². The van der Waals surface area contributed by atoms with Gasteiger partial charge in [0.25, 0.3) is 0 Å². The van der Waals surface area contributed by atoms with Gasteiger partial charge in [0, 0.05) is 25.1 Å². The molecule has 6 heteroatoms. The van der Waals surface area contributed by atoms with E-state index in [1.807, 2.05) is 17.6 Å². The van der Waals surface area contributed by atoms with Crippen molar-refractivity contribution in [3.63, 3.8) is 0 Å². The fourth-order valence-corrected chi connectivity index (χ4v) is 2.30. The number of aryl methyl sites for hydroxylation is 2. The Balaban J connectivity index is 2.26. The molecule has 2 rings (SSSR count). The van der Waals surface area contributed by atoms with Crippen LogP contribution < -0.4 is 5.73 Å². The van der Waals surface area contributed by atoms with Gasteiger partial charge in [-0.05, 0) is 31.0 Å². The number of benzene rings is 1. The number of nitrogen functional groups attached to an aromatic ring is 1. The lowest BCUT2D eigenvalue weighted by atomic mass is 10.2. The molecule has 0 radical (unpaired) electrons. The standard InChI is InChI=1S/C14H18F3N3/c1-2-4-13-19-11-9-10(18)5-6-12(11)20(13)8-3-7-14(15,16)17/h5-6,9H,2-4,7-8,18H2,1H3. The molecule has 0 saturated carbocycles. The summed E-state index contributed by atoms with van der Waals surface area (Å²) in [5.41, 5.74) is 7.93. The van der Waals surface area contributed by atoms with Gasteiger partial charge in [0.2, 0.25) is 0 Å². The summed E-state index contributed by atoms with van der Waals surface area (Å²) in [5, 5.41) is 0. The van der Waals surface area contributed by atoms with Crippen LogP contribution in [0.3, 0.4) is 0 Å². The molecule has 1 aromatic carbocycles. The molecule has 0 spiro atoms. The number of aromatic nitrogens is 2. The highest BCUT2D eigenvalue weighted by Gasteiger charge is 2.26. The maximum Gasteiger partial charge on any atom is 0.389 e. The number of imidazole rings is 1. The number of halogens is 3. The zero-order valence-electron chi connectivity index (χ0n) is 11.4. The van der Waals surface area contributed by atoms with Crippen LogP contribution in [0.4, 0.5) is 18.9 Å². The predicted molar refractivity (Wildman–Crippen MR) is 73.4 cm³/mol. The third-order valence-corrected chi connectivity index (χ3v) is 3.17. The van der Waals surface area contributed by atoms with Gasteiger partial charge in [-0.15, -0.1) is 0 Å². The number of hydrogen-bond acceptors (Lipinski definition) is 2. The zero-order chi connectivity index (χ0) is 14.8. The summed E-state index contributed by atoms with van der Waals surface area (Å²) in [6.45, 7) is 2.35. The first-order chi connectivity index (χ1) is 9.40. The Labute approximate surface area is 115 Å². The summed E-state index contributed by atoms with van der Waals surface area (Å²) in [5.74, 6) is 0.829. The quantitative estimate of drug-likeness (QED) is 0.846. The van der Waals surface area contributed by atoms with Gasteiger partial charge in [-0.2, -0.15) is 13.2 Å². The molecule has 0 amide bonds. The molecule has 0 bridgehead atoms. The van der Waals surface area contributed by atoms with Crippen molar-refractivity contribution >= 4 is 16.7 Å². The van der Waals surface area contributed by atoms with E-state index in [2.05, 4.69) is 4.98 Å². The van der Waals surface area contributed by atoms with Gasteiger partial charge in [-0.3, -0.25) is 0 Å². The molecular weight excluding hydrogens is 267 g/mol. The molecular formula is C14H18F3N3. The predicted octanol–water partition coefficient (Wildman–Crippen LogP) is 3.91. The maximum absolute atomic E-state index is 12.3. The van der Waals surface area contributed by atoms with Crippen molar-refractivity contribution in [3.8, 4) is 0 Å². The molecule has 0 aliphatic carbocycles. The molecule has 0 unspecified atom stereocenters. The highest BCUT2D eigenvalue weighted by Crippen LogP contribution is 2.24. The summed E-state index contributed by atoms with van der Waals surface area (Å²) in [6.07, 6.45) is -3.16. The van der Waals surface area contributed by atoms with E-state index in [-0.39, 0.29) is 6.42 Å². The lowest BCUT2D eigenvalue weighted by Crippen LogP contribution is -2.10. The topological polar surface area (TPSA) is 43.8 Å². The maximum atomic E-state index is 12.3. The van der Waals surface area contributed by atoms with Gasteiger partial charge >= 0.3 is 6.18 Å². The van der Waals surface area contributed by atoms with Crippen LogP contribution in [0, 0.1) is 0 Å². The molecule has 0 aliphatic rings. The van der Waals surface area contributed by atoms with Crippen molar-refractivity contribution < 1.29 is 13.2 Å². The first-order valence-electron chi connectivity index (χ1n) is 6.72. The second-order valence-corrected chi connectivity index (χ2v) is 4.90. The zero-order valence-corrected chi connectivity index (χ0v) is 11.4. The average Bonchev–Trinajstić information content (AvgIpc) is 2.65. The summed E-state index contributed by atoms with van der Waals surface area (Å²) in [4.78, 5) is 4.48. The highest BCUT2D eigenvalue weighted by atomic mass is 19.4. The minimum atomic E-state index is -4.11. The van der Waals surface area contributed by atoms with Crippen molar-refractivity contribution in [2.24, 2.45) is 0 Å². The van der Waals surface area contributed by atoms with Crippen molar-refractivity contribution in [2.75, 3.05) is 5.73 Å². The van der Waals surface area contributed by atoms with E-state index in [0.717, 1.165) is 29.7 Å². The molecule has 2 aromatic rings. The molecule has 3 nitrogen and oxygen atoms in total. The minimum Gasteiger partial charge on any atom is -0.399 e. The second kappa shape index (κ2) is 5.73. The smallest absolute Gasteiger partial charge is 0.389 e. The van der Waals surface area contributed by atoms with Crippen LogP contribution in [0.25, 0.3) is 11.0 Å². The third kappa shape index (κ3) is 3.43. The van der Waals surface area contributed by atoms with E-state index in [0.29, 0.717) is 12.2 Å². The minimum absolute atomic E-state index is 0.0655. The van der Waals surface area contributed by atoms with Gasteiger partial charge in [-0.1, -0.05) is 6.92 Å². The largest absolute Gasteiger partial charge is 0.399 e. The van der Waals surface area contributed by atoms with E-state index >= 15 is 0 Å². The van der Waals surface area contributed by atoms with Crippen LogP contribution in [0.2, 0.25) is 0 Å². The van der Waals surface area contributed by atoms with Gasteiger partial charge in [-0.25, -0.2) is 4.98 Å². The van der Waals surface area contributed by atoms with E-state index in [4.69, 9.17) is 5.73 Å². The van der Waals surface area contributed by atoms with Gasteiger partial charge in [0.05, 0.1) is 11.0 Å². The molecule has 0 aliphatic heterocycles. The van der Waals surface area contributed by atoms with Crippen LogP contribution in [0.1, 0.15) is 32.0 Å². The fraction of sp³-hybridized carbons (Fsp3) is 0.500. The van der Waals surface area contributed by atoms with Gasteiger partial charge < -0.3 is 10.3 Å². The number of hydrogen-bond donors (Lipinski definition) is 1. The van der Waals surface area contributed by atoms with Crippen LogP contribution in [-0.2, 0) is 13.0 Å². The van der Waals surface area contributed by atoms with Gasteiger partial charge in [0.15, 0.2) is 0 Å².